The second-order valence-electron chi connectivity index (χ2n) is 4.75. The number of benzene rings is 1. The van der Waals surface area contributed by atoms with Crippen molar-refractivity contribution in [3.8, 4) is 5.75 Å². The van der Waals surface area contributed by atoms with E-state index in [-0.39, 0.29) is 12.5 Å². The van der Waals surface area contributed by atoms with E-state index in [1.165, 1.54) is 14.2 Å². The summed E-state index contributed by atoms with van der Waals surface area (Å²) in [6.45, 7) is 2.37. The Hall–Kier alpha value is -2.28. The van der Waals surface area contributed by atoms with Crippen molar-refractivity contribution in [2.24, 2.45) is 0 Å². The first kappa shape index (κ1) is 16.1. The van der Waals surface area contributed by atoms with Crippen molar-refractivity contribution in [3.05, 3.63) is 23.8 Å². The fraction of sp³-hybridized carbons (Fsp3) is 0.467. The number of carbonyl (C=O) groups excluding carboxylic acids is 2. The lowest BCUT2D eigenvalue weighted by Gasteiger charge is -2.27. The Labute approximate surface area is 129 Å². The standard InChI is InChI=1S/C15H20N2O5/c1-20-11-3-4-12(15(19)21-2)13(9-11)16-10-14(18)17-5-7-22-8-6-17/h3-4,9,16H,5-8,10H2,1-2H3. The van der Waals surface area contributed by atoms with Crippen LogP contribution in [0.5, 0.6) is 5.75 Å². The molecule has 1 N–H and O–H groups in total. The quantitative estimate of drug-likeness (QED) is 0.809. The normalized spacial score (nSPS) is 14.4. The molecule has 0 unspecified atom stereocenters. The van der Waals surface area contributed by atoms with Gasteiger partial charge in [0.25, 0.3) is 0 Å². The molecule has 1 aliphatic rings. The predicted octanol–water partition coefficient (Wildman–Crippen LogP) is 0.752. The van der Waals surface area contributed by atoms with Gasteiger partial charge in [0, 0.05) is 19.2 Å². The zero-order valence-electron chi connectivity index (χ0n) is 12.8. The monoisotopic (exact) mass is 308 g/mol. The van der Waals surface area contributed by atoms with Gasteiger partial charge in [0.05, 0.1) is 45.2 Å². The van der Waals surface area contributed by atoms with Crippen LogP contribution in [-0.4, -0.2) is 63.8 Å². The Morgan fingerprint density at radius 1 is 1.27 bits per heavy atom. The van der Waals surface area contributed by atoms with E-state index in [9.17, 15) is 9.59 Å². The van der Waals surface area contributed by atoms with Crippen molar-refractivity contribution in [2.45, 2.75) is 0 Å². The topological polar surface area (TPSA) is 77.1 Å². The van der Waals surface area contributed by atoms with Gasteiger partial charge in [-0.1, -0.05) is 0 Å². The SMILES string of the molecule is COC(=O)c1ccc(OC)cc1NCC(=O)N1CCOCC1. The summed E-state index contributed by atoms with van der Waals surface area (Å²) in [5, 5.41) is 2.99. The first-order chi connectivity index (χ1) is 10.7. The number of hydrogen-bond acceptors (Lipinski definition) is 6. The molecule has 120 valence electrons. The molecule has 0 spiro atoms. The van der Waals surface area contributed by atoms with Crippen molar-refractivity contribution in [2.75, 3.05) is 52.4 Å². The van der Waals surface area contributed by atoms with Gasteiger partial charge < -0.3 is 24.4 Å². The number of methoxy groups -OCH3 is 2. The zero-order valence-corrected chi connectivity index (χ0v) is 12.8. The summed E-state index contributed by atoms with van der Waals surface area (Å²) in [6.07, 6.45) is 0. The minimum Gasteiger partial charge on any atom is -0.497 e. The highest BCUT2D eigenvalue weighted by atomic mass is 16.5. The maximum Gasteiger partial charge on any atom is 0.339 e. The molecule has 1 heterocycles. The maximum atomic E-state index is 12.1. The molecule has 1 aromatic rings. The van der Waals surface area contributed by atoms with Gasteiger partial charge in [-0.2, -0.15) is 0 Å². The van der Waals surface area contributed by atoms with E-state index in [1.807, 2.05) is 0 Å². The molecule has 1 fully saturated rings. The fourth-order valence-corrected chi connectivity index (χ4v) is 2.18. The van der Waals surface area contributed by atoms with Crippen LogP contribution in [0.3, 0.4) is 0 Å². The Kier molecular flexibility index (Phi) is 5.60. The van der Waals surface area contributed by atoms with E-state index < -0.39 is 5.97 Å². The van der Waals surface area contributed by atoms with Gasteiger partial charge in [0.15, 0.2) is 0 Å². The van der Waals surface area contributed by atoms with Gasteiger partial charge in [0.1, 0.15) is 5.75 Å². The highest BCUT2D eigenvalue weighted by Gasteiger charge is 2.18. The molecule has 22 heavy (non-hydrogen) atoms. The molecule has 0 atom stereocenters. The van der Waals surface area contributed by atoms with Gasteiger partial charge in [-0.25, -0.2) is 4.79 Å². The molecule has 0 bridgehead atoms. The van der Waals surface area contributed by atoms with Crippen molar-refractivity contribution in [1.82, 2.24) is 4.90 Å². The van der Waals surface area contributed by atoms with Crippen LogP contribution < -0.4 is 10.1 Å². The fourth-order valence-electron chi connectivity index (χ4n) is 2.18. The van der Waals surface area contributed by atoms with Crippen LogP contribution >= 0.6 is 0 Å². The van der Waals surface area contributed by atoms with E-state index in [4.69, 9.17) is 14.2 Å². The Morgan fingerprint density at radius 2 is 2.00 bits per heavy atom. The van der Waals surface area contributed by atoms with E-state index >= 15 is 0 Å². The smallest absolute Gasteiger partial charge is 0.339 e. The number of carbonyl (C=O) groups is 2. The summed E-state index contributed by atoms with van der Waals surface area (Å²) >= 11 is 0. The van der Waals surface area contributed by atoms with Gasteiger partial charge >= 0.3 is 5.97 Å². The number of amides is 1. The molecular weight excluding hydrogens is 288 g/mol. The Morgan fingerprint density at radius 3 is 2.64 bits per heavy atom. The zero-order chi connectivity index (χ0) is 15.9. The maximum absolute atomic E-state index is 12.1. The molecule has 1 aromatic carbocycles. The lowest BCUT2D eigenvalue weighted by Crippen LogP contribution is -2.43. The van der Waals surface area contributed by atoms with Crippen molar-refractivity contribution < 1.29 is 23.8 Å². The van der Waals surface area contributed by atoms with E-state index in [0.717, 1.165) is 0 Å². The van der Waals surface area contributed by atoms with Crippen LogP contribution in [-0.2, 0) is 14.3 Å². The molecule has 7 heteroatoms. The lowest BCUT2D eigenvalue weighted by molar-refractivity contribution is -0.133. The summed E-state index contributed by atoms with van der Waals surface area (Å²) in [5.74, 6) is 0.0832. The number of esters is 1. The summed E-state index contributed by atoms with van der Waals surface area (Å²) in [4.78, 5) is 25.6. The predicted molar refractivity (Wildman–Crippen MR) is 80.2 cm³/mol. The molecular formula is C15H20N2O5. The number of nitrogens with one attached hydrogen (secondary N) is 1. The van der Waals surface area contributed by atoms with Crippen LogP contribution in [0, 0.1) is 0 Å². The number of hydrogen-bond donors (Lipinski definition) is 1. The molecule has 1 aliphatic heterocycles. The highest BCUT2D eigenvalue weighted by Crippen LogP contribution is 2.23. The third kappa shape index (κ3) is 3.88. The Balaban J connectivity index is 2.06. The van der Waals surface area contributed by atoms with Crippen molar-refractivity contribution in [3.63, 3.8) is 0 Å². The van der Waals surface area contributed by atoms with Crippen LogP contribution in [0.4, 0.5) is 5.69 Å². The number of ether oxygens (including phenoxy) is 3. The van der Waals surface area contributed by atoms with Crippen LogP contribution in [0.1, 0.15) is 10.4 Å². The van der Waals surface area contributed by atoms with E-state index in [2.05, 4.69) is 5.32 Å². The first-order valence-electron chi connectivity index (χ1n) is 7.01. The first-order valence-corrected chi connectivity index (χ1v) is 7.01. The van der Waals surface area contributed by atoms with Crippen LogP contribution in [0.15, 0.2) is 18.2 Å². The summed E-state index contributed by atoms with van der Waals surface area (Å²) in [7, 11) is 2.85. The van der Waals surface area contributed by atoms with Gasteiger partial charge in [-0.15, -0.1) is 0 Å². The molecule has 0 aliphatic carbocycles. The Bertz CT molecular complexity index is 541. The van der Waals surface area contributed by atoms with Gasteiger partial charge in [-0.3, -0.25) is 4.79 Å². The van der Waals surface area contributed by atoms with E-state index in [1.54, 1.807) is 23.1 Å². The minimum absolute atomic E-state index is 0.0399. The number of nitrogens with zero attached hydrogens (tertiary/aromatic N) is 1. The largest absolute Gasteiger partial charge is 0.497 e. The average Bonchev–Trinajstić information content (AvgIpc) is 2.59. The molecule has 0 radical (unpaired) electrons. The van der Waals surface area contributed by atoms with Crippen LogP contribution in [0.25, 0.3) is 0 Å². The number of anilines is 1. The van der Waals surface area contributed by atoms with Crippen molar-refractivity contribution in [1.29, 1.82) is 0 Å². The summed E-state index contributed by atoms with van der Waals surface area (Å²) in [5.41, 5.74) is 0.867. The second-order valence-corrected chi connectivity index (χ2v) is 4.75. The minimum atomic E-state index is -0.469. The highest BCUT2D eigenvalue weighted by molar-refractivity contribution is 5.96. The molecule has 1 saturated heterocycles. The van der Waals surface area contributed by atoms with Crippen LogP contribution in [0.2, 0.25) is 0 Å². The molecule has 0 saturated carbocycles. The second kappa shape index (κ2) is 7.65. The molecule has 7 nitrogen and oxygen atoms in total. The molecule has 1 amide bonds. The average molecular weight is 308 g/mol. The number of rotatable bonds is 5. The molecule has 0 aromatic heterocycles. The summed E-state index contributed by atoms with van der Waals surface area (Å²) < 4.78 is 15.1. The van der Waals surface area contributed by atoms with E-state index in [0.29, 0.717) is 43.3 Å². The third-order valence-corrected chi connectivity index (χ3v) is 3.43. The van der Waals surface area contributed by atoms with Gasteiger partial charge in [0.2, 0.25) is 5.91 Å². The summed E-state index contributed by atoms with van der Waals surface area (Å²) in [6, 6.07) is 4.94. The number of morpholine rings is 1. The van der Waals surface area contributed by atoms with Crippen molar-refractivity contribution >= 4 is 17.6 Å². The lowest BCUT2D eigenvalue weighted by atomic mass is 10.1. The molecule has 2 rings (SSSR count). The van der Waals surface area contributed by atoms with Gasteiger partial charge in [-0.05, 0) is 12.1 Å². The third-order valence-electron chi connectivity index (χ3n) is 3.43.